The molecule has 1 amide bonds. The van der Waals surface area contributed by atoms with E-state index in [0.717, 1.165) is 16.6 Å². The first-order valence-electron chi connectivity index (χ1n) is 8.08. The van der Waals surface area contributed by atoms with E-state index in [1.165, 1.54) is 17.6 Å². The fourth-order valence-electron chi connectivity index (χ4n) is 2.56. The van der Waals surface area contributed by atoms with Gasteiger partial charge in [-0.05, 0) is 18.2 Å². The van der Waals surface area contributed by atoms with Crippen LogP contribution in [0.5, 0.6) is 0 Å². The minimum atomic E-state index is -0.299. The molecule has 0 radical (unpaired) electrons. The zero-order valence-electron chi connectivity index (χ0n) is 13.9. The predicted molar refractivity (Wildman–Crippen MR) is 110 cm³/mol. The first kappa shape index (κ1) is 17.3. The third kappa shape index (κ3) is 3.84. The lowest BCUT2D eigenvalue weighted by Gasteiger charge is -2.00. The third-order valence-electron chi connectivity index (χ3n) is 3.82. The van der Waals surface area contributed by atoms with Gasteiger partial charge in [0.05, 0.1) is 16.7 Å². The molecule has 8 heteroatoms. The Bertz CT molecular complexity index is 1120. The van der Waals surface area contributed by atoms with Crippen molar-refractivity contribution in [1.29, 1.82) is 0 Å². The van der Waals surface area contributed by atoms with Crippen LogP contribution in [0.1, 0.15) is 15.2 Å². The summed E-state index contributed by atoms with van der Waals surface area (Å²) in [6, 6.07) is 17.3. The smallest absolute Gasteiger partial charge is 0.273 e. The Morgan fingerprint density at radius 3 is 2.78 bits per heavy atom. The summed E-state index contributed by atoms with van der Waals surface area (Å²) in [6.07, 6.45) is 3.15. The molecule has 4 rings (SSSR count). The van der Waals surface area contributed by atoms with E-state index < -0.39 is 0 Å². The molecule has 0 spiro atoms. The Morgan fingerprint density at radius 1 is 1.15 bits per heavy atom. The molecule has 0 saturated heterocycles. The molecule has 27 heavy (non-hydrogen) atoms. The number of aromatic amines is 1. The van der Waals surface area contributed by atoms with Crippen LogP contribution < -0.4 is 10.7 Å². The average molecular weight is 396 g/mol. The molecule has 0 bridgehead atoms. The number of para-hydroxylation sites is 2. The lowest BCUT2D eigenvalue weighted by Crippen LogP contribution is -2.17. The van der Waals surface area contributed by atoms with Crippen molar-refractivity contribution in [3.63, 3.8) is 0 Å². The number of amides is 1. The number of nitrogens with zero attached hydrogens (tertiary/aromatic N) is 2. The van der Waals surface area contributed by atoms with Gasteiger partial charge in [-0.25, -0.2) is 10.4 Å². The molecule has 0 saturated carbocycles. The number of carbonyl (C=O) groups is 1. The number of rotatable bonds is 5. The Balaban J connectivity index is 1.44. The van der Waals surface area contributed by atoms with E-state index in [-0.39, 0.29) is 5.91 Å². The van der Waals surface area contributed by atoms with Crippen LogP contribution in [0.25, 0.3) is 10.9 Å². The predicted octanol–water partition coefficient (Wildman–Crippen LogP) is 4.79. The number of halogens is 1. The topological polar surface area (TPSA) is 82.2 Å². The van der Waals surface area contributed by atoms with Crippen molar-refractivity contribution < 1.29 is 4.79 Å². The molecule has 0 aliphatic heterocycles. The number of hydrogen-bond acceptors (Lipinski definition) is 5. The quantitative estimate of drug-likeness (QED) is 0.336. The van der Waals surface area contributed by atoms with Gasteiger partial charge < -0.3 is 10.3 Å². The van der Waals surface area contributed by atoms with E-state index in [1.807, 2.05) is 54.6 Å². The summed E-state index contributed by atoms with van der Waals surface area (Å²) in [4.78, 5) is 20.3. The Kier molecular flexibility index (Phi) is 4.86. The number of hydrogen-bond donors (Lipinski definition) is 3. The lowest BCUT2D eigenvalue weighted by atomic mass is 10.2. The zero-order valence-corrected chi connectivity index (χ0v) is 15.5. The van der Waals surface area contributed by atoms with Crippen LogP contribution in [-0.2, 0) is 0 Å². The molecule has 0 fully saturated rings. The van der Waals surface area contributed by atoms with Gasteiger partial charge in [0.15, 0.2) is 10.3 Å². The third-order valence-corrected chi connectivity index (χ3v) is 5.12. The summed E-state index contributed by atoms with van der Waals surface area (Å²) in [5.74, 6) is -0.299. The molecule has 0 aliphatic carbocycles. The van der Waals surface area contributed by atoms with Crippen LogP contribution in [0.2, 0.25) is 5.15 Å². The van der Waals surface area contributed by atoms with Gasteiger partial charge in [0.1, 0.15) is 0 Å². The van der Waals surface area contributed by atoms with E-state index in [4.69, 9.17) is 11.6 Å². The van der Waals surface area contributed by atoms with Crippen LogP contribution in [0.4, 0.5) is 10.8 Å². The first-order chi connectivity index (χ1) is 13.2. The minimum absolute atomic E-state index is 0.299. The van der Waals surface area contributed by atoms with Gasteiger partial charge in [-0.15, -0.1) is 0 Å². The fourth-order valence-corrected chi connectivity index (χ4v) is 3.61. The molecule has 2 heterocycles. The average Bonchev–Trinajstić information content (AvgIpc) is 3.26. The van der Waals surface area contributed by atoms with E-state index in [1.54, 1.807) is 6.20 Å². The maximum atomic E-state index is 12.3. The van der Waals surface area contributed by atoms with Crippen molar-refractivity contribution in [2.24, 2.45) is 5.10 Å². The van der Waals surface area contributed by atoms with Crippen molar-refractivity contribution in [2.45, 2.75) is 0 Å². The van der Waals surface area contributed by atoms with Gasteiger partial charge in [0, 0.05) is 22.8 Å². The van der Waals surface area contributed by atoms with Crippen molar-refractivity contribution in [3.05, 3.63) is 76.4 Å². The van der Waals surface area contributed by atoms with Crippen LogP contribution in [-0.4, -0.2) is 22.1 Å². The molecule has 3 N–H and O–H groups in total. The second kappa shape index (κ2) is 7.61. The monoisotopic (exact) mass is 395 g/mol. The van der Waals surface area contributed by atoms with E-state index in [2.05, 4.69) is 25.8 Å². The van der Waals surface area contributed by atoms with Crippen LogP contribution in [0.3, 0.4) is 0 Å². The van der Waals surface area contributed by atoms with Gasteiger partial charge >= 0.3 is 0 Å². The fraction of sp³-hybridized carbons (Fsp3) is 0. The zero-order chi connectivity index (χ0) is 18.6. The van der Waals surface area contributed by atoms with Crippen molar-refractivity contribution in [2.75, 3.05) is 5.32 Å². The number of H-pyrrole nitrogens is 1. The molecule has 0 unspecified atom stereocenters. The molecule has 6 nitrogen and oxygen atoms in total. The first-order valence-corrected chi connectivity index (χ1v) is 9.28. The summed E-state index contributed by atoms with van der Waals surface area (Å²) >= 11 is 7.50. The normalized spacial score (nSPS) is 11.1. The van der Waals surface area contributed by atoms with Gasteiger partial charge in [0.25, 0.3) is 5.91 Å². The second-order valence-electron chi connectivity index (χ2n) is 5.61. The SMILES string of the molecule is O=C(NN=Cc1sc(Nc2ccccc2)nc1Cl)c1c[nH]c2ccccc12. The molecular weight excluding hydrogens is 382 g/mol. The van der Waals surface area contributed by atoms with Gasteiger partial charge in [-0.1, -0.05) is 59.3 Å². The Hall–Kier alpha value is -3.16. The molecule has 134 valence electrons. The molecule has 0 aliphatic rings. The number of hydrazone groups is 1. The van der Waals surface area contributed by atoms with Gasteiger partial charge in [-0.2, -0.15) is 5.10 Å². The summed E-state index contributed by atoms with van der Waals surface area (Å²) in [5, 5.41) is 9.00. The van der Waals surface area contributed by atoms with E-state index >= 15 is 0 Å². The van der Waals surface area contributed by atoms with Crippen molar-refractivity contribution in [3.8, 4) is 0 Å². The largest absolute Gasteiger partial charge is 0.360 e. The number of nitrogens with one attached hydrogen (secondary N) is 3. The highest BCUT2D eigenvalue weighted by atomic mass is 35.5. The van der Waals surface area contributed by atoms with Gasteiger partial charge in [-0.3, -0.25) is 4.79 Å². The number of carbonyl (C=O) groups excluding carboxylic acids is 1. The molecule has 4 aromatic rings. The van der Waals surface area contributed by atoms with E-state index in [0.29, 0.717) is 20.7 Å². The standard InChI is InChI=1S/C19H14ClN5OS/c20-17-16(27-19(24-17)23-12-6-2-1-3-7-12)11-22-25-18(26)14-10-21-15-9-5-4-8-13(14)15/h1-11,21H,(H,23,24)(H,25,26). The van der Waals surface area contributed by atoms with E-state index in [9.17, 15) is 4.79 Å². The van der Waals surface area contributed by atoms with Gasteiger partial charge in [0.2, 0.25) is 0 Å². The molecule has 0 atom stereocenters. The summed E-state index contributed by atoms with van der Waals surface area (Å²) in [6.45, 7) is 0. The Morgan fingerprint density at radius 2 is 1.93 bits per heavy atom. The summed E-state index contributed by atoms with van der Waals surface area (Å²) in [5.41, 5.74) is 4.87. The molecular formula is C19H14ClN5OS. The van der Waals surface area contributed by atoms with Crippen molar-refractivity contribution >= 4 is 56.8 Å². The maximum absolute atomic E-state index is 12.3. The van der Waals surface area contributed by atoms with Crippen LogP contribution >= 0.6 is 22.9 Å². The number of aromatic nitrogens is 2. The van der Waals surface area contributed by atoms with Crippen molar-refractivity contribution in [1.82, 2.24) is 15.4 Å². The highest BCUT2D eigenvalue weighted by Crippen LogP contribution is 2.27. The highest BCUT2D eigenvalue weighted by Gasteiger charge is 2.11. The maximum Gasteiger partial charge on any atom is 0.273 e. The highest BCUT2D eigenvalue weighted by molar-refractivity contribution is 7.17. The van der Waals surface area contributed by atoms with Crippen LogP contribution in [0, 0.1) is 0 Å². The Labute approximate surface area is 163 Å². The molecule has 2 aromatic carbocycles. The number of thiazole rings is 1. The van der Waals surface area contributed by atoms with Crippen LogP contribution in [0.15, 0.2) is 65.9 Å². The molecule has 2 aromatic heterocycles. The summed E-state index contributed by atoms with van der Waals surface area (Å²) in [7, 11) is 0. The minimum Gasteiger partial charge on any atom is -0.360 e. The number of anilines is 2. The number of benzene rings is 2. The number of fused-ring (bicyclic) bond motifs is 1. The summed E-state index contributed by atoms with van der Waals surface area (Å²) < 4.78 is 0. The lowest BCUT2D eigenvalue weighted by molar-refractivity contribution is 0.0957. The second-order valence-corrected chi connectivity index (χ2v) is 7.00.